The molecule has 2 fully saturated rings. The topological polar surface area (TPSA) is 108 Å². The largest absolute Gasteiger partial charge is 0.394 e. The van der Waals surface area contributed by atoms with Gasteiger partial charge in [-0.3, -0.25) is 15.0 Å². The van der Waals surface area contributed by atoms with E-state index < -0.39 is 41.5 Å². The maximum atomic E-state index is 12.1. The SMILES string of the molecule is CCC1(Cl)C(=O)NC(=O)N([C@H]2C[C@H](O)[C@@H](CO)O2)C1OC. The Morgan fingerprint density at radius 3 is 2.71 bits per heavy atom. The molecule has 0 radical (unpaired) electrons. The number of rotatable bonds is 4. The maximum Gasteiger partial charge on any atom is 0.328 e. The maximum absolute atomic E-state index is 12.1. The molecule has 2 unspecified atom stereocenters. The molecule has 0 spiro atoms. The molecule has 0 aromatic heterocycles. The van der Waals surface area contributed by atoms with Crippen molar-refractivity contribution in [3.8, 4) is 0 Å². The third kappa shape index (κ3) is 2.62. The number of amides is 3. The van der Waals surface area contributed by atoms with Crippen LogP contribution in [-0.2, 0) is 14.3 Å². The Hall–Kier alpha value is -0.930. The summed E-state index contributed by atoms with van der Waals surface area (Å²) in [6, 6.07) is -0.702. The number of hydrogen-bond donors (Lipinski definition) is 3. The third-order valence-electron chi connectivity index (χ3n) is 3.91. The standard InChI is InChI=1S/C12H19ClN2O6/c1-3-12(13)9(18)14-11(19)15(10(12)20-2)8-4-6(17)7(5-16)21-8/h6-8,10,16-17H,3-5H2,1-2H3,(H,14,18,19)/t6-,7+,8+,10?,12?/m0/s1. The molecule has 0 aromatic carbocycles. The summed E-state index contributed by atoms with van der Waals surface area (Å²) in [5, 5.41) is 21.1. The van der Waals surface area contributed by atoms with Crippen LogP contribution in [0.1, 0.15) is 19.8 Å². The van der Waals surface area contributed by atoms with E-state index in [0.717, 1.165) is 4.90 Å². The van der Waals surface area contributed by atoms with Gasteiger partial charge in [-0.2, -0.15) is 0 Å². The van der Waals surface area contributed by atoms with Gasteiger partial charge in [0.25, 0.3) is 5.91 Å². The zero-order valence-corrected chi connectivity index (χ0v) is 12.5. The summed E-state index contributed by atoms with van der Waals surface area (Å²) in [5.74, 6) is -0.628. The Kier molecular flexibility index (Phi) is 4.74. The molecule has 0 aliphatic carbocycles. The van der Waals surface area contributed by atoms with Crippen LogP contribution in [0.5, 0.6) is 0 Å². The minimum Gasteiger partial charge on any atom is -0.394 e. The monoisotopic (exact) mass is 322 g/mol. The van der Waals surface area contributed by atoms with Gasteiger partial charge in [0.1, 0.15) is 12.3 Å². The molecule has 3 amide bonds. The number of halogens is 1. The summed E-state index contributed by atoms with van der Waals surface area (Å²) >= 11 is 6.32. The van der Waals surface area contributed by atoms with Crippen LogP contribution >= 0.6 is 11.6 Å². The summed E-state index contributed by atoms with van der Waals surface area (Å²) < 4.78 is 10.7. The molecular weight excluding hydrogens is 304 g/mol. The highest BCUT2D eigenvalue weighted by atomic mass is 35.5. The molecule has 2 rings (SSSR count). The zero-order valence-electron chi connectivity index (χ0n) is 11.8. The van der Waals surface area contributed by atoms with Gasteiger partial charge in [-0.15, -0.1) is 11.6 Å². The molecule has 5 atom stereocenters. The smallest absolute Gasteiger partial charge is 0.328 e. The molecule has 2 heterocycles. The molecule has 2 aliphatic heterocycles. The van der Waals surface area contributed by atoms with E-state index in [1.807, 2.05) is 0 Å². The van der Waals surface area contributed by atoms with Crippen molar-refractivity contribution in [2.45, 2.75) is 49.3 Å². The first kappa shape index (κ1) is 16.4. The van der Waals surface area contributed by atoms with Crippen LogP contribution in [0.25, 0.3) is 0 Å². The number of carbonyl (C=O) groups excluding carboxylic acids is 2. The quantitative estimate of drug-likeness (QED) is 0.595. The fraction of sp³-hybridized carbons (Fsp3) is 0.833. The Labute approximate surface area is 126 Å². The number of imide groups is 1. The number of hydrogen-bond acceptors (Lipinski definition) is 6. The lowest BCUT2D eigenvalue weighted by Crippen LogP contribution is -2.70. The highest BCUT2D eigenvalue weighted by molar-refractivity contribution is 6.37. The molecule has 2 aliphatic rings. The van der Waals surface area contributed by atoms with Gasteiger partial charge >= 0.3 is 6.03 Å². The van der Waals surface area contributed by atoms with Crippen molar-refractivity contribution < 1.29 is 29.3 Å². The second-order valence-corrected chi connectivity index (χ2v) is 5.76. The lowest BCUT2D eigenvalue weighted by molar-refractivity contribution is -0.157. The minimum absolute atomic E-state index is 0.101. The summed E-state index contributed by atoms with van der Waals surface area (Å²) in [6.07, 6.45) is -3.22. The second kappa shape index (κ2) is 6.05. The molecule has 21 heavy (non-hydrogen) atoms. The van der Waals surface area contributed by atoms with Gasteiger partial charge in [-0.1, -0.05) is 6.92 Å². The van der Waals surface area contributed by atoms with Gasteiger partial charge in [0.15, 0.2) is 11.1 Å². The molecular formula is C12H19ClN2O6. The van der Waals surface area contributed by atoms with Gasteiger partial charge in [-0.25, -0.2) is 4.79 Å². The molecule has 9 heteroatoms. The number of carbonyl (C=O) groups is 2. The average molecular weight is 323 g/mol. The van der Waals surface area contributed by atoms with Crippen LogP contribution < -0.4 is 5.32 Å². The number of aliphatic hydroxyl groups excluding tert-OH is 2. The summed E-state index contributed by atoms with van der Waals surface area (Å²) in [6.45, 7) is 1.33. The first-order valence-electron chi connectivity index (χ1n) is 6.68. The van der Waals surface area contributed by atoms with Crippen molar-refractivity contribution in [1.82, 2.24) is 10.2 Å². The number of urea groups is 1. The average Bonchev–Trinajstić information content (AvgIpc) is 2.82. The van der Waals surface area contributed by atoms with Crippen LogP contribution in [-0.4, -0.2) is 70.3 Å². The minimum atomic E-state index is -1.44. The van der Waals surface area contributed by atoms with E-state index in [1.165, 1.54) is 7.11 Å². The van der Waals surface area contributed by atoms with Crippen molar-refractivity contribution in [2.75, 3.05) is 13.7 Å². The first-order valence-corrected chi connectivity index (χ1v) is 7.06. The van der Waals surface area contributed by atoms with E-state index in [1.54, 1.807) is 6.92 Å². The number of nitrogens with one attached hydrogen (secondary N) is 1. The Morgan fingerprint density at radius 2 is 2.24 bits per heavy atom. The van der Waals surface area contributed by atoms with Crippen molar-refractivity contribution in [1.29, 1.82) is 0 Å². The molecule has 0 aromatic rings. The number of alkyl halides is 1. The Morgan fingerprint density at radius 1 is 1.57 bits per heavy atom. The van der Waals surface area contributed by atoms with Gasteiger partial charge < -0.3 is 19.7 Å². The second-order valence-electron chi connectivity index (χ2n) is 5.09. The Bertz CT molecular complexity index is 436. The number of aliphatic hydroxyl groups is 2. The van der Waals surface area contributed by atoms with Crippen LogP contribution in [0.15, 0.2) is 0 Å². The molecule has 0 saturated carbocycles. The van der Waals surface area contributed by atoms with Crippen LogP contribution in [0.2, 0.25) is 0 Å². The predicted molar refractivity (Wildman–Crippen MR) is 71.4 cm³/mol. The van der Waals surface area contributed by atoms with Gasteiger partial charge in [0.05, 0.1) is 12.7 Å². The van der Waals surface area contributed by atoms with E-state index in [4.69, 9.17) is 26.2 Å². The summed E-state index contributed by atoms with van der Waals surface area (Å²) in [4.78, 5) is 23.8. The number of ether oxygens (including phenoxy) is 2. The fourth-order valence-corrected chi connectivity index (χ4v) is 2.91. The Balaban J connectivity index is 2.28. The van der Waals surface area contributed by atoms with Crippen LogP contribution in [0, 0.1) is 0 Å². The van der Waals surface area contributed by atoms with Crippen molar-refractivity contribution >= 4 is 23.5 Å². The molecule has 0 bridgehead atoms. The summed E-state index contributed by atoms with van der Waals surface area (Å²) in [7, 11) is 1.34. The normalized spacial score (nSPS) is 40.5. The van der Waals surface area contributed by atoms with Gasteiger partial charge in [0, 0.05) is 13.5 Å². The lowest BCUT2D eigenvalue weighted by atomic mass is 9.98. The first-order chi connectivity index (χ1) is 9.88. The highest BCUT2D eigenvalue weighted by Crippen LogP contribution is 2.36. The van der Waals surface area contributed by atoms with Crippen LogP contribution in [0.3, 0.4) is 0 Å². The number of methoxy groups -OCH3 is 1. The van der Waals surface area contributed by atoms with E-state index in [9.17, 15) is 14.7 Å². The zero-order chi connectivity index (χ0) is 15.8. The van der Waals surface area contributed by atoms with E-state index in [0.29, 0.717) is 0 Å². The highest BCUT2D eigenvalue weighted by Gasteiger charge is 2.56. The predicted octanol–water partition coefficient (Wildman–Crippen LogP) is -0.634. The van der Waals surface area contributed by atoms with Crippen molar-refractivity contribution in [3.05, 3.63) is 0 Å². The third-order valence-corrected chi connectivity index (χ3v) is 4.53. The van der Waals surface area contributed by atoms with Crippen molar-refractivity contribution in [3.63, 3.8) is 0 Å². The molecule has 3 N–H and O–H groups in total. The van der Waals surface area contributed by atoms with Crippen molar-refractivity contribution in [2.24, 2.45) is 0 Å². The molecule has 2 saturated heterocycles. The van der Waals surface area contributed by atoms with E-state index >= 15 is 0 Å². The van der Waals surface area contributed by atoms with Crippen LogP contribution in [0.4, 0.5) is 4.79 Å². The lowest BCUT2D eigenvalue weighted by Gasteiger charge is -2.45. The van der Waals surface area contributed by atoms with E-state index in [-0.39, 0.29) is 19.4 Å². The fourth-order valence-electron chi connectivity index (χ4n) is 2.67. The number of nitrogens with zero attached hydrogens (tertiary/aromatic N) is 1. The molecule has 120 valence electrons. The van der Waals surface area contributed by atoms with Gasteiger partial charge in [0.2, 0.25) is 0 Å². The molecule has 8 nitrogen and oxygen atoms in total. The van der Waals surface area contributed by atoms with Gasteiger partial charge in [-0.05, 0) is 6.42 Å². The summed E-state index contributed by atoms with van der Waals surface area (Å²) in [5.41, 5.74) is 0. The van der Waals surface area contributed by atoms with E-state index in [2.05, 4.69) is 5.32 Å².